The van der Waals surface area contributed by atoms with Gasteiger partial charge in [-0.15, -0.1) is 0 Å². The van der Waals surface area contributed by atoms with E-state index in [1.54, 1.807) is 13.8 Å². The molecule has 1 aromatic rings. The van der Waals surface area contributed by atoms with Crippen LogP contribution in [0.5, 0.6) is 0 Å². The number of nitrogens with one attached hydrogen (secondary N) is 2. The number of hydrogen-bond acceptors (Lipinski definition) is 3. The van der Waals surface area contributed by atoms with Crippen LogP contribution in [0.4, 0.5) is 4.39 Å². The first-order chi connectivity index (χ1) is 8.91. The van der Waals surface area contributed by atoms with Crippen LogP contribution >= 0.6 is 11.6 Å². The number of halogens is 2. The minimum Gasteiger partial charge on any atom is -0.346 e. The lowest BCUT2D eigenvalue weighted by atomic mass is 10.2. The van der Waals surface area contributed by atoms with Gasteiger partial charge in [0, 0.05) is 11.6 Å². The summed E-state index contributed by atoms with van der Waals surface area (Å²) in [7, 11) is 0. The molecule has 0 spiro atoms. The second-order valence-corrected chi connectivity index (χ2v) is 4.37. The Morgan fingerprint density at radius 1 is 1.37 bits per heavy atom. The molecule has 0 aromatic heterocycles. The van der Waals surface area contributed by atoms with Crippen molar-refractivity contribution in [2.75, 3.05) is 0 Å². The smallest absolute Gasteiger partial charge is 0.329 e. The lowest BCUT2D eigenvalue weighted by molar-refractivity contribution is -0.139. The number of hydrogen-bond donors (Lipinski definition) is 2. The number of carbonyl (C=O) groups excluding carboxylic acids is 2. The van der Waals surface area contributed by atoms with Crippen LogP contribution in [0.1, 0.15) is 19.4 Å². The molecule has 0 saturated carbocycles. The van der Waals surface area contributed by atoms with Crippen molar-refractivity contribution >= 4 is 29.6 Å². The average molecular weight is 286 g/mol. The summed E-state index contributed by atoms with van der Waals surface area (Å²) in [6.45, 7) is 3.43. The zero-order valence-corrected chi connectivity index (χ0v) is 11.2. The third-order valence-electron chi connectivity index (χ3n) is 1.99. The van der Waals surface area contributed by atoms with Crippen LogP contribution in [0.15, 0.2) is 23.3 Å². The highest BCUT2D eigenvalue weighted by Crippen LogP contribution is 2.16. The minimum atomic E-state index is -0.933. The Bertz CT molecular complexity index is 497. The van der Waals surface area contributed by atoms with Gasteiger partial charge in [-0.2, -0.15) is 5.10 Å². The molecule has 0 bridgehead atoms. The second kappa shape index (κ2) is 6.84. The lowest BCUT2D eigenvalue weighted by Crippen LogP contribution is -2.41. The summed E-state index contributed by atoms with van der Waals surface area (Å²) in [6, 6.07) is 3.98. The van der Waals surface area contributed by atoms with Crippen LogP contribution in [-0.4, -0.2) is 24.1 Å². The molecular formula is C12H13ClFN3O2. The van der Waals surface area contributed by atoms with Gasteiger partial charge < -0.3 is 5.32 Å². The molecule has 2 amide bonds. The maximum absolute atomic E-state index is 13.3. The molecule has 5 nitrogen and oxygen atoms in total. The third kappa shape index (κ3) is 4.67. The Balaban J connectivity index is 2.64. The van der Waals surface area contributed by atoms with E-state index < -0.39 is 17.6 Å². The Morgan fingerprint density at radius 3 is 2.63 bits per heavy atom. The van der Waals surface area contributed by atoms with Gasteiger partial charge in [0.2, 0.25) is 0 Å². The molecule has 0 saturated heterocycles. The van der Waals surface area contributed by atoms with Crippen molar-refractivity contribution in [2.45, 2.75) is 19.9 Å². The third-order valence-corrected chi connectivity index (χ3v) is 2.32. The van der Waals surface area contributed by atoms with Crippen molar-refractivity contribution in [2.24, 2.45) is 5.10 Å². The van der Waals surface area contributed by atoms with Crippen LogP contribution in [0.2, 0.25) is 5.02 Å². The van der Waals surface area contributed by atoms with Crippen molar-refractivity contribution in [1.82, 2.24) is 10.7 Å². The minimum absolute atomic E-state index is 0.0359. The van der Waals surface area contributed by atoms with Gasteiger partial charge in [0.15, 0.2) is 0 Å². The standard InChI is InChI=1S/C12H13ClFN3O2/c1-7(2)16-11(18)12(19)17-15-6-8-9(13)4-3-5-10(8)14/h3-7H,1-2H3,(H,16,18)(H,17,19). The Kier molecular flexibility index (Phi) is 5.44. The van der Waals surface area contributed by atoms with Crippen LogP contribution in [0.25, 0.3) is 0 Å². The van der Waals surface area contributed by atoms with Crippen LogP contribution in [-0.2, 0) is 9.59 Å². The largest absolute Gasteiger partial charge is 0.346 e. The number of nitrogens with zero attached hydrogens (tertiary/aromatic N) is 1. The Labute approximate surface area is 114 Å². The van der Waals surface area contributed by atoms with E-state index in [-0.39, 0.29) is 16.6 Å². The van der Waals surface area contributed by atoms with Crippen molar-refractivity contribution in [3.63, 3.8) is 0 Å². The summed E-state index contributed by atoms with van der Waals surface area (Å²) in [5.41, 5.74) is 2.02. The quantitative estimate of drug-likeness (QED) is 0.501. The van der Waals surface area contributed by atoms with Gasteiger partial charge in [0.05, 0.1) is 11.2 Å². The zero-order valence-electron chi connectivity index (χ0n) is 10.4. The average Bonchev–Trinajstić information content (AvgIpc) is 2.31. The first-order valence-electron chi connectivity index (χ1n) is 5.49. The molecule has 102 valence electrons. The normalized spacial score (nSPS) is 10.8. The van der Waals surface area contributed by atoms with Gasteiger partial charge in [-0.3, -0.25) is 9.59 Å². The highest BCUT2D eigenvalue weighted by atomic mass is 35.5. The summed E-state index contributed by atoms with van der Waals surface area (Å²) in [4.78, 5) is 22.5. The summed E-state index contributed by atoms with van der Waals surface area (Å²) >= 11 is 5.75. The van der Waals surface area contributed by atoms with Gasteiger partial charge >= 0.3 is 11.8 Å². The molecule has 0 aliphatic heterocycles. The number of rotatable bonds is 3. The second-order valence-electron chi connectivity index (χ2n) is 3.96. The summed E-state index contributed by atoms with van der Waals surface area (Å²) in [5.74, 6) is -2.32. The lowest BCUT2D eigenvalue weighted by Gasteiger charge is -2.06. The topological polar surface area (TPSA) is 70.6 Å². The van der Waals surface area contributed by atoms with Gasteiger partial charge in [0.25, 0.3) is 0 Å². The first kappa shape index (κ1) is 15.1. The fraction of sp³-hybridized carbons (Fsp3) is 0.250. The summed E-state index contributed by atoms with van der Waals surface area (Å²) in [5, 5.41) is 6.03. The fourth-order valence-electron chi connectivity index (χ4n) is 1.17. The molecule has 2 N–H and O–H groups in total. The van der Waals surface area contributed by atoms with E-state index in [1.807, 2.05) is 5.43 Å². The molecule has 1 aromatic carbocycles. The molecule has 0 fully saturated rings. The Hall–Kier alpha value is -1.95. The number of hydrazone groups is 1. The molecule has 0 aliphatic carbocycles. The fourth-order valence-corrected chi connectivity index (χ4v) is 1.38. The van der Waals surface area contributed by atoms with E-state index in [2.05, 4.69) is 10.4 Å². The van der Waals surface area contributed by atoms with E-state index in [9.17, 15) is 14.0 Å². The first-order valence-corrected chi connectivity index (χ1v) is 5.87. The number of benzene rings is 1. The van der Waals surface area contributed by atoms with Crippen LogP contribution in [0.3, 0.4) is 0 Å². The van der Waals surface area contributed by atoms with Crippen molar-refractivity contribution in [3.8, 4) is 0 Å². The van der Waals surface area contributed by atoms with E-state index in [0.29, 0.717) is 0 Å². The highest BCUT2D eigenvalue weighted by molar-refractivity contribution is 6.35. The molecule has 0 radical (unpaired) electrons. The molecule has 0 unspecified atom stereocenters. The van der Waals surface area contributed by atoms with Crippen molar-refractivity contribution in [3.05, 3.63) is 34.6 Å². The molecule has 0 heterocycles. The maximum atomic E-state index is 13.3. The molecule has 19 heavy (non-hydrogen) atoms. The maximum Gasteiger partial charge on any atom is 0.329 e. The predicted octanol–water partition coefficient (Wildman–Crippen LogP) is 1.45. The molecule has 7 heteroatoms. The summed E-state index contributed by atoms with van der Waals surface area (Å²) < 4.78 is 13.3. The molecule has 0 aliphatic rings. The van der Waals surface area contributed by atoms with Crippen LogP contribution < -0.4 is 10.7 Å². The van der Waals surface area contributed by atoms with Crippen molar-refractivity contribution < 1.29 is 14.0 Å². The molecular weight excluding hydrogens is 273 g/mol. The van der Waals surface area contributed by atoms with Crippen LogP contribution in [0, 0.1) is 5.82 Å². The van der Waals surface area contributed by atoms with E-state index in [0.717, 1.165) is 6.21 Å². The van der Waals surface area contributed by atoms with E-state index in [4.69, 9.17) is 11.6 Å². The van der Waals surface area contributed by atoms with Gasteiger partial charge in [-0.1, -0.05) is 17.7 Å². The SMILES string of the molecule is CC(C)NC(=O)C(=O)NN=Cc1c(F)cccc1Cl. The zero-order chi connectivity index (χ0) is 14.4. The number of amides is 2. The summed E-state index contributed by atoms with van der Waals surface area (Å²) in [6.07, 6.45) is 1.04. The number of carbonyl (C=O) groups is 2. The van der Waals surface area contributed by atoms with Gasteiger partial charge in [0.1, 0.15) is 5.82 Å². The predicted molar refractivity (Wildman–Crippen MR) is 70.4 cm³/mol. The molecule has 1 rings (SSSR count). The Morgan fingerprint density at radius 2 is 2.05 bits per heavy atom. The van der Waals surface area contributed by atoms with Gasteiger partial charge in [-0.25, -0.2) is 9.82 Å². The van der Waals surface area contributed by atoms with E-state index in [1.165, 1.54) is 18.2 Å². The monoisotopic (exact) mass is 285 g/mol. The molecule has 0 atom stereocenters. The highest BCUT2D eigenvalue weighted by Gasteiger charge is 2.13. The van der Waals surface area contributed by atoms with E-state index >= 15 is 0 Å². The van der Waals surface area contributed by atoms with Crippen molar-refractivity contribution in [1.29, 1.82) is 0 Å². The van der Waals surface area contributed by atoms with Gasteiger partial charge in [-0.05, 0) is 26.0 Å².